The van der Waals surface area contributed by atoms with Crippen molar-refractivity contribution in [2.75, 3.05) is 13.2 Å². The van der Waals surface area contributed by atoms with Gasteiger partial charge in [0.2, 0.25) is 0 Å². The first-order valence-electron chi connectivity index (χ1n) is 5.82. The summed E-state index contributed by atoms with van der Waals surface area (Å²) in [4.78, 5) is 11.3. The van der Waals surface area contributed by atoms with Crippen LogP contribution in [0.3, 0.4) is 0 Å². The number of hydrogen-bond donors (Lipinski definition) is 1. The van der Waals surface area contributed by atoms with Gasteiger partial charge in [0, 0.05) is 0 Å². The Balaban J connectivity index is 2.29. The van der Waals surface area contributed by atoms with Crippen LogP contribution in [0.4, 0.5) is 9.18 Å². The Morgan fingerprint density at radius 3 is 2.68 bits per heavy atom. The highest BCUT2D eigenvalue weighted by atomic mass is 79.9. The molecule has 0 atom stereocenters. The summed E-state index contributed by atoms with van der Waals surface area (Å²) >= 11 is 3.19. The predicted molar refractivity (Wildman–Crippen MR) is 73.8 cm³/mol. The average molecular weight is 334 g/mol. The number of ether oxygens (including phenoxy) is 2. The molecular formula is C13H17BrFNO3. The lowest BCUT2D eigenvalue weighted by Gasteiger charge is -2.19. The lowest BCUT2D eigenvalue weighted by molar-refractivity contribution is 0.0520. The fraction of sp³-hybridized carbons (Fsp3) is 0.462. The number of carbonyl (C=O) groups excluding carboxylic acids is 1. The van der Waals surface area contributed by atoms with Crippen LogP contribution < -0.4 is 10.1 Å². The van der Waals surface area contributed by atoms with Crippen molar-refractivity contribution in [3.05, 3.63) is 28.5 Å². The van der Waals surface area contributed by atoms with E-state index < -0.39 is 11.7 Å². The molecule has 0 saturated heterocycles. The van der Waals surface area contributed by atoms with Crippen molar-refractivity contribution in [1.29, 1.82) is 0 Å². The van der Waals surface area contributed by atoms with Crippen LogP contribution in [0.2, 0.25) is 0 Å². The average Bonchev–Trinajstić information content (AvgIpc) is 2.24. The Bertz CT molecular complexity index is 446. The molecule has 0 radical (unpaired) electrons. The van der Waals surface area contributed by atoms with Gasteiger partial charge in [-0.05, 0) is 54.9 Å². The molecule has 0 bridgehead atoms. The van der Waals surface area contributed by atoms with E-state index >= 15 is 0 Å². The summed E-state index contributed by atoms with van der Waals surface area (Å²) in [6.07, 6.45) is -0.491. The van der Waals surface area contributed by atoms with Gasteiger partial charge >= 0.3 is 6.09 Å². The number of rotatable bonds is 4. The molecule has 0 fully saturated rings. The van der Waals surface area contributed by atoms with Crippen LogP contribution in [0.25, 0.3) is 0 Å². The van der Waals surface area contributed by atoms with Gasteiger partial charge in [-0.2, -0.15) is 0 Å². The second kappa shape index (κ2) is 6.75. The Hall–Kier alpha value is -1.30. The summed E-state index contributed by atoms with van der Waals surface area (Å²) in [7, 11) is 0. The molecular weight excluding hydrogens is 317 g/mol. The van der Waals surface area contributed by atoms with Gasteiger partial charge in [0.05, 0.1) is 11.0 Å². The molecule has 0 aliphatic carbocycles. The first-order valence-corrected chi connectivity index (χ1v) is 6.62. The smallest absolute Gasteiger partial charge is 0.407 e. The van der Waals surface area contributed by atoms with E-state index in [1.54, 1.807) is 20.8 Å². The van der Waals surface area contributed by atoms with Gasteiger partial charge in [-0.3, -0.25) is 0 Å². The van der Waals surface area contributed by atoms with Gasteiger partial charge in [0.15, 0.2) is 0 Å². The van der Waals surface area contributed by atoms with Crippen molar-refractivity contribution in [2.24, 2.45) is 0 Å². The standard InChI is InChI=1S/C13H17BrFNO3/c1-13(2,3)19-12(17)16-6-7-18-11-5-4-9(15)8-10(11)14/h4-5,8H,6-7H2,1-3H3,(H,16,17). The lowest BCUT2D eigenvalue weighted by atomic mass is 10.2. The Morgan fingerprint density at radius 2 is 2.11 bits per heavy atom. The van der Waals surface area contributed by atoms with Crippen molar-refractivity contribution in [3.8, 4) is 5.75 Å². The van der Waals surface area contributed by atoms with Gasteiger partial charge in [-0.15, -0.1) is 0 Å². The fourth-order valence-electron chi connectivity index (χ4n) is 1.22. The van der Waals surface area contributed by atoms with Gasteiger partial charge in [0.25, 0.3) is 0 Å². The van der Waals surface area contributed by atoms with Gasteiger partial charge in [-0.25, -0.2) is 9.18 Å². The van der Waals surface area contributed by atoms with Crippen molar-refractivity contribution in [3.63, 3.8) is 0 Å². The second-order valence-electron chi connectivity index (χ2n) is 4.85. The highest BCUT2D eigenvalue weighted by Crippen LogP contribution is 2.25. The number of hydrogen-bond acceptors (Lipinski definition) is 3. The van der Waals surface area contributed by atoms with Gasteiger partial charge in [-0.1, -0.05) is 0 Å². The van der Waals surface area contributed by atoms with Crippen molar-refractivity contribution < 1.29 is 18.7 Å². The van der Waals surface area contributed by atoms with Crippen LogP contribution in [-0.2, 0) is 4.74 Å². The van der Waals surface area contributed by atoms with Crippen LogP contribution in [0.5, 0.6) is 5.75 Å². The largest absolute Gasteiger partial charge is 0.491 e. The van der Waals surface area contributed by atoms with Gasteiger partial charge < -0.3 is 14.8 Å². The monoisotopic (exact) mass is 333 g/mol. The number of nitrogens with one attached hydrogen (secondary N) is 1. The molecule has 0 spiro atoms. The molecule has 1 aromatic carbocycles. The van der Waals surface area contributed by atoms with E-state index in [1.807, 2.05) is 0 Å². The SMILES string of the molecule is CC(C)(C)OC(=O)NCCOc1ccc(F)cc1Br. The number of amides is 1. The van der Waals surface area contributed by atoms with Crippen LogP contribution in [0.1, 0.15) is 20.8 Å². The summed E-state index contributed by atoms with van der Waals surface area (Å²) < 4.78 is 23.8. The minimum Gasteiger partial charge on any atom is -0.491 e. The number of carbonyl (C=O) groups is 1. The summed E-state index contributed by atoms with van der Waals surface area (Å²) in [6.45, 7) is 5.94. The molecule has 6 heteroatoms. The second-order valence-corrected chi connectivity index (χ2v) is 5.71. The number of halogens is 2. The molecule has 19 heavy (non-hydrogen) atoms. The number of benzene rings is 1. The van der Waals surface area contributed by atoms with Crippen molar-refractivity contribution in [1.82, 2.24) is 5.32 Å². The molecule has 1 rings (SSSR count). The fourth-order valence-corrected chi connectivity index (χ4v) is 1.69. The summed E-state index contributed by atoms with van der Waals surface area (Å²) in [5.41, 5.74) is -0.523. The minimum atomic E-state index is -0.523. The first-order chi connectivity index (χ1) is 8.78. The summed E-state index contributed by atoms with van der Waals surface area (Å²) in [5, 5.41) is 2.56. The Labute approximate surface area is 120 Å². The van der Waals surface area contributed by atoms with E-state index in [0.717, 1.165) is 0 Å². The molecule has 106 valence electrons. The highest BCUT2D eigenvalue weighted by molar-refractivity contribution is 9.10. The van der Waals surface area contributed by atoms with Crippen LogP contribution in [0.15, 0.2) is 22.7 Å². The van der Waals surface area contributed by atoms with Crippen LogP contribution in [0, 0.1) is 5.82 Å². The van der Waals surface area contributed by atoms with E-state index in [0.29, 0.717) is 16.8 Å². The maximum absolute atomic E-state index is 12.8. The normalized spacial score (nSPS) is 11.0. The highest BCUT2D eigenvalue weighted by Gasteiger charge is 2.15. The third kappa shape index (κ3) is 6.42. The molecule has 1 N–H and O–H groups in total. The zero-order valence-corrected chi connectivity index (χ0v) is 12.7. The number of alkyl carbamates (subject to hydrolysis) is 1. The van der Waals surface area contributed by atoms with Crippen molar-refractivity contribution >= 4 is 22.0 Å². The molecule has 1 amide bonds. The zero-order valence-electron chi connectivity index (χ0n) is 11.1. The zero-order chi connectivity index (χ0) is 14.5. The van der Waals surface area contributed by atoms with Crippen LogP contribution >= 0.6 is 15.9 Å². The Morgan fingerprint density at radius 1 is 1.42 bits per heavy atom. The minimum absolute atomic E-state index is 0.267. The third-order valence-corrected chi connectivity index (χ3v) is 2.54. The molecule has 0 aliphatic heterocycles. The van der Waals surface area contributed by atoms with Crippen LogP contribution in [-0.4, -0.2) is 24.8 Å². The Kier molecular flexibility index (Phi) is 5.60. The van der Waals surface area contributed by atoms with E-state index in [4.69, 9.17) is 9.47 Å². The topological polar surface area (TPSA) is 47.6 Å². The molecule has 0 unspecified atom stereocenters. The van der Waals surface area contributed by atoms with E-state index in [2.05, 4.69) is 21.2 Å². The molecule has 0 saturated carbocycles. The molecule has 1 aromatic rings. The molecule has 0 aromatic heterocycles. The summed E-state index contributed by atoms with van der Waals surface area (Å²) in [5.74, 6) is 0.179. The van der Waals surface area contributed by atoms with E-state index in [-0.39, 0.29) is 12.4 Å². The molecule has 4 nitrogen and oxygen atoms in total. The maximum atomic E-state index is 12.8. The predicted octanol–water partition coefficient (Wildman–Crippen LogP) is 3.49. The third-order valence-electron chi connectivity index (χ3n) is 1.92. The van der Waals surface area contributed by atoms with Gasteiger partial charge in [0.1, 0.15) is 23.8 Å². The molecule has 0 aliphatic rings. The summed E-state index contributed by atoms with van der Waals surface area (Å²) in [6, 6.07) is 4.14. The van der Waals surface area contributed by atoms with Crippen molar-refractivity contribution in [2.45, 2.75) is 26.4 Å². The van der Waals surface area contributed by atoms with E-state index in [1.165, 1.54) is 18.2 Å². The lowest BCUT2D eigenvalue weighted by Crippen LogP contribution is -2.34. The quantitative estimate of drug-likeness (QED) is 0.858. The maximum Gasteiger partial charge on any atom is 0.407 e. The molecule has 0 heterocycles. The van der Waals surface area contributed by atoms with E-state index in [9.17, 15) is 9.18 Å². The first kappa shape index (κ1) is 15.8.